The molecular formula is C19H16Cl2N2O4. The predicted molar refractivity (Wildman–Crippen MR) is 103 cm³/mol. The van der Waals surface area contributed by atoms with E-state index in [0.717, 1.165) is 42.4 Å². The van der Waals surface area contributed by atoms with Crippen molar-refractivity contribution in [1.29, 1.82) is 0 Å². The summed E-state index contributed by atoms with van der Waals surface area (Å²) in [5, 5.41) is 14.4. The average Bonchev–Trinajstić information content (AvgIpc) is 2.92. The molecular weight excluding hydrogens is 391 g/mol. The van der Waals surface area contributed by atoms with E-state index < -0.39 is 4.92 Å². The lowest BCUT2D eigenvalue weighted by atomic mass is 9.62. The molecule has 1 saturated carbocycles. The number of rotatable bonds is 4. The maximum atomic E-state index is 11.6. The Morgan fingerprint density at radius 1 is 1.26 bits per heavy atom. The molecule has 6 nitrogen and oxygen atoms in total. The number of carbonyl (C=O) groups excluding carboxylic acids is 1. The van der Waals surface area contributed by atoms with E-state index in [2.05, 4.69) is 5.32 Å². The normalized spacial score (nSPS) is 19.1. The molecule has 1 N–H and O–H groups in total. The zero-order chi connectivity index (χ0) is 19.3. The number of benzene rings is 2. The van der Waals surface area contributed by atoms with Crippen LogP contribution in [0.25, 0.3) is 0 Å². The molecule has 2 aromatic rings. The molecule has 27 heavy (non-hydrogen) atoms. The number of fused-ring (bicyclic) bond motifs is 2. The highest BCUT2D eigenvalue weighted by molar-refractivity contribution is 6.37. The Morgan fingerprint density at radius 2 is 1.93 bits per heavy atom. The number of halogens is 2. The molecule has 2 aliphatic rings. The zero-order valence-electron chi connectivity index (χ0n) is 14.4. The van der Waals surface area contributed by atoms with Gasteiger partial charge >= 0.3 is 0 Å². The first-order chi connectivity index (χ1) is 12.9. The van der Waals surface area contributed by atoms with E-state index in [1.165, 1.54) is 12.1 Å². The lowest BCUT2D eigenvalue weighted by Gasteiger charge is -2.41. The Kier molecular flexibility index (Phi) is 4.28. The fourth-order valence-electron chi connectivity index (χ4n) is 4.03. The lowest BCUT2D eigenvalue weighted by molar-refractivity contribution is -0.384. The Bertz CT molecular complexity index is 949. The van der Waals surface area contributed by atoms with Crippen molar-refractivity contribution in [2.24, 2.45) is 0 Å². The number of nitrogens with one attached hydrogen (secondary N) is 1. The third kappa shape index (κ3) is 2.75. The van der Waals surface area contributed by atoms with E-state index in [1.807, 2.05) is 19.1 Å². The van der Waals surface area contributed by atoms with Crippen molar-refractivity contribution in [2.75, 3.05) is 5.32 Å². The van der Waals surface area contributed by atoms with Crippen LogP contribution in [-0.2, 0) is 10.2 Å². The van der Waals surface area contributed by atoms with E-state index in [0.29, 0.717) is 5.75 Å². The van der Waals surface area contributed by atoms with Crippen LogP contribution in [0, 0.1) is 17.0 Å². The van der Waals surface area contributed by atoms with Gasteiger partial charge in [-0.25, -0.2) is 0 Å². The SMILES string of the molecule is Cc1cc(Oc2c(Cl)cc([N+](=O)[O-])cc2Cl)cc2c1NC(C=O)C21CCC1. The van der Waals surface area contributed by atoms with Crippen molar-refractivity contribution in [3.63, 3.8) is 0 Å². The highest BCUT2D eigenvalue weighted by Crippen LogP contribution is 2.55. The van der Waals surface area contributed by atoms with Gasteiger partial charge in [0.2, 0.25) is 0 Å². The van der Waals surface area contributed by atoms with Gasteiger partial charge in [0.25, 0.3) is 5.69 Å². The van der Waals surface area contributed by atoms with Crippen LogP contribution in [0.4, 0.5) is 11.4 Å². The molecule has 0 amide bonds. The molecule has 140 valence electrons. The number of aryl methyl sites for hydroxylation is 1. The van der Waals surface area contributed by atoms with Gasteiger partial charge in [0.05, 0.1) is 21.0 Å². The number of nitro groups is 1. The Labute approximate surface area is 165 Å². The van der Waals surface area contributed by atoms with Gasteiger partial charge in [0.1, 0.15) is 12.0 Å². The summed E-state index contributed by atoms with van der Waals surface area (Å²) in [5.41, 5.74) is 2.60. The molecule has 4 rings (SSSR count). The number of carbonyl (C=O) groups is 1. The van der Waals surface area contributed by atoms with Crippen LogP contribution in [0.15, 0.2) is 24.3 Å². The van der Waals surface area contributed by atoms with Crippen LogP contribution in [0.1, 0.15) is 30.4 Å². The molecule has 1 aliphatic heterocycles. The predicted octanol–water partition coefficient (Wildman–Crippen LogP) is 5.42. The largest absolute Gasteiger partial charge is 0.454 e. The molecule has 2 aromatic carbocycles. The van der Waals surface area contributed by atoms with Crippen molar-refractivity contribution < 1.29 is 14.5 Å². The van der Waals surface area contributed by atoms with Crippen LogP contribution in [0.3, 0.4) is 0 Å². The highest BCUT2D eigenvalue weighted by atomic mass is 35.5. The number of ether oxygens (including phenoxy) is 1. The molecule has 1 aliphatic carbocycles. The summed E-state index contributed by atoms with van der Waals surface area (Å²) in [4.78, 5) is 21.9. The topological polar surface area (TPSA) is 81.5 Å². The fourth-order valence-corrected chi connectivity index (χ4v) is 4.58. The standard InChI is InChI=1S/C19H16Cl2N2O4/c1-10-5-12(27-18-14(20)6-11(23(25)26)7-15(18)21)8-13-17(10)22-16(9-24)19(13)3-2-4-19/h5-9,16,22H,2-4H2,1H3. The molecule has 1 spiro atoms. The van der Waals surface area contributed by atoms with E-state index >= 15 is 0 Å². The summed E-state index contributed by atoms with van der Waals surface area (Å²) in [7, 11) is 0. The lowest BCUT2D eigenvalue weighted by Crippen LogP contribution is -2.45. The Morgan fingerprint density at radius 3 is 2.44 bits per heavy atom. The van der Waals surface area contributed by atoms with E-state index in [4.69, 9.17) is 27.9 Å². The fraction of sp³-hybridized carbons (Fsp3) is 0.316. The third-order valence-electron chi connectivity index (χ3n) is 5.54. The van der Waals surface area contributed by atoms with Gasteiger partial charge in [-0.15, -0.1) is 0 Å². The van der Waals surface area contributed by atoms with Crippen molar-refractivity contribution in [2.45, 2.75) is 37.6 Å². The van der Waals surface area contributed by atoms with Crippen LogP contribution in [0.5, 0.6) is 11.5 Å². The molecule has 0 saturated heterocycles. The maximum Gasteiger partial charge on any atom is 0.272 e. The minimum Gasteiger partial charge on any atom is -0.454 e. The van der Waals surface area contributed by atoms with Gasteiger partial charge in [-0.3, -0.25) is 10.1 Å². The van der Waals surface area contributed by atoms with Crippen molar-refractivity contribution in [3.8, 4) is 11.5 Å². The number of non-ortho nitro benzene ring substituents is 1. The maximum absolute atomic E-state index is 11.6. The number of aldehydes is 1. The van der Waals surface area contributed by atoms with Crippen LogP contribution in [0.2, 0.25) is 10.0 Å². The quantitative estimate of drug-likeness (QED) is 0.416. The molecule has 1 unspecified atom stereocenters. The minimum atomic E-state index is -0.563. The van der Waals surface area contributed by atoms with Gasteiger partial charge in [-0.05, 0) is 43.0 Å². The summed E-state index contributed by atoms with van der Waals surface area (Å²) >= 11 is 12.3. The summed E-state index contributed by atoms with van der Waals surface area (Å²) in [5.74, 6) is 0.701. The number of nitrogens with zero attached hydrogens (tertiary/aromatic N) is 1. The average molecular weight is 407 g/mol. The van der Waals surface area contributed by atoms with Gasteiger partial charge < -0.3 is 14.8 Å². The molecule has 8 heteroatoms. The summed E-state index contributed by atoms with van der Waals surface area (Å²) in [6.07, 6.45) is 3.94. The van der Waals surface area contributed by atoms with Crippen molar-refractivity contribution in [3.05, 3.63) is 55.6 Å². The number of hydrogen-bond donors (Lipinski definition) is 1. The van der Waals surface area contributed by atoms with Crippen LogP contribution < -0.4 is 10.1 Å². The molecule has 1 atom stereocenters. The second-order valence-electron chi connectivity index (χ2n) is 7.03. The summed E-state index contributed by atoms with van der Waals surface area (Å²) in [6, 6.07) is 5.92. The Balaban J connectivity index is 1.74. The first-order valence-corrected chi connectivity index (χ1v) is 9.29. The van der Waals surface area contributed by atoms with E-state index in [-0.39, 0.29) is 32.9 Å². The van der Waals surface area contributed by atoms with E-state index in [1.54, 1.807) is 0 Å². The van der Waals surface area contributed by atoms with Gasteiger partial charge in [0.15, 0.2) is 5.75 Å². The van der Waals surface area contributed by atoms with Gasteiger partial charge in [-0.2, -0.15) is 0 Å². The number of nitro benzene ring substituents is 1. The van der Waals surface area contributed by atoms with E-state index in [9.17, 15) is 14.9 Å². The summed E-state index contributed by atoms with van der Waals surface area (Å²) in [6.45, 7) is 1.94. The number of anilines is 1. The first kappa shape index (κ1) is 18.1. The monoisotopic (exact) mass is 406 g/mol. The second kappa shape index (κ2) is 6.39. The second-order valence-corrected chi connectivity index (χ2v) is 7.84. The first-order valence-electron chi connectivity index (χ1n) is 8.54. The summed E-state index contributed by atoms with van der Waals surface area (Å²) < 4.78 is 5.91. The van der Waals surface area contributed by atoms with Crippen LogP contribution in [-0.4, -0.2) is 17.3 Å². The highest BCUT2D eigenvalue weighted by Gasteiger charge is 2.51. The third-order valence-corrected chi connectivity index (χ3v) is 6.10. The zero-order valence-corrected chi connectivity index (χ0v) is 15.9. The molecule has 1 heterocycles. The van der Waals surface area contributed by atoms with Crippen molar-refractivity contribution in [1.82, 2.24) is 0 Å². The van der Waals surface area contributed by atoms with Crippen LogP contribution >= 0.6 is 23.2 Å². The molecule has 1 fully saturated rings. The van der Waals surface area contributed by atoms with Gasteiger partial charge in [-0.1, -0.05) is 29.6 Å². The van der Waals surface area contributed by atoms with Gasteiger partial charge in [0, 0.05) is 23.2 Å². The van der Waals surface area contributed by atoms with Crippen molar-refractivity contribution >= 4 is 40.9 Å². The molecule has 0 radical (unpaired) electrons. The smallest absolute Gasteiger partial charge is 0.272 e. The Hall–Kier alpha value is -2.31. The molecule has 0 aromatic heterocycles. The minimum absolute atomic E-state index is 0.0644. The molecule has 0 bridgehead atoms. The number of hydrogen-bond acceptors (Lipinski definition) is 5.